The molecule has 100 valence electrons. The summed E-state index contributed by atoms with van der Waals surface area (Å²) in [5.41, 5.74) is 7.33. The zero-order chi connectivity index (χ0) is 13.9. The number of benzene rings is 2. The predicted octanol–water partition coefficient (Wildman–Crippen LogP) is 3.53. The first-order chi connectivity index (χ1) is 9.76. The first-order valence-electron chi connectivity index (χ1n) is 6.14. The van der Waals surface area contributed by atoms with Crippen molar-refractivity contribution in [2.45, 2.75) is 6.54 Å². The van der Waals surface area contributed by atoms with Gasteiger partial charge in [-0.1, -0.05) is 35.9 Å². The molecule has 2 N–H and O–H groups in total. The van der Waals surface area contributed by atoms with E-state index in [0.717, 1.165) is 16.5 Å². The number of hydrogen-bond donors (Lipinski definition) is 1. The maximum Gasteiger partial charge on any atom is 0.322 e. The van der Waals surface area contributed by atoms with Gasteiger partial charge in [-0.15, -0.1) is 0 Å². The van der Waals surface area contributed by atoms with E-state index in [1.54, 1.807) is 18.3 Å². The topological polar surface area (TPSA) is 61.0 Å². The number of fused-ring (bicyclic) bond motifs is 1. The van der Waals surface area contributed by atoms with Crippen LogP contribution < -0.4 is 10.5 Å². The average Bonchev–Trinajstić information content (AvgIpc) is 2.49. The van der Waals surface area contributed by atoms with Crippen LogP contribution in [0.15, 0.2) is 48.7 Å². The minimum atomic E-state index is 0.270. The predicted molar refractivity (Wildman–Crippen MR) is 79.0 cm³/mol. The number of nitrogens with zero attached hydrogens (tertiary/aromatic N) is 2. The second kappa shape index (κ2) is 5.45. The van der Waals surface area contributed by atoms with Crippen LogP contribution in [0, 0.1) is 0 Å². The molecule has 0 unspecified atom stereocenters. The Kier molecular flexibility index (Phi) is 3.50. The molecule has 0 saturated heterocycles. The van der Waals surface area contributed by atoms with E-state index in [0.29, 0.717) is 17.3 Å². The number of para-hydroxylation sites is 1. The summed E-state index contributed by atoms with van der Waals surface area (Å²) in [6.45, 7) is 0.437. The molecule has 1 aromatic heterocycles. The minimum Gasteiger partial charge on any atom is -0.423 e. The van der Waals surface area contributed by atoms with Crippen molar-refractivity contribution in [2.75, 3.05) is 0 Å². The first-order valence-corrected chi connectivity index (χ1v) is 6.52. The van der Waals surface area contributed by atoms with E-state index >= 15 is 0 Å². The summed E-state index contributed by atoms with van der Waals surface area (Å²) in [5.74, 6) is 0.513. The summed E-state index contributed by atoms with van der Waals surface area (Å²) < 4.78 is 5.62. The maximum atomic E-state index is 6.14. The zero-order valence-corrected chi connectivity index (χ0v) is 11.3. The summed E-state index contributed by atoms with van der Waals surface area (Å²) in [4.78, 5) is 8.51. The first kappa shape index (κ1) is 12.8. The molecule has 0 bridgehead atoms. The standard InChI is InChI=1S/C15H12ClN3O/c16-12-7-10(8-17)5-6-14(12)20-15-18-9-11-3-1-2-4-13(11)19-15/h1-7,9H,8,17H2. The molecule has 3 rings (SSSR count). The Morgan fingerprint density at radius 2 is 2.00 bits per heavy atom. The van der Waals surface area contributed by atoms with Crippen molar-refractivity contribution in [1.82, 2.24) is 9.97 Å². The van der Waals surface area contributed by atoms with Crippen LogP contribution in [-0.4, -0.2) is 9.97 Å². The third-order valence-electron chi connectivity index (χ3n) is 2.90. The maximum absolute atomic E-state index is 6.14. The highest BCUT2D eigenvalue weighted by Crippen LogP contribution is 2.29. The van der Waals surface area contributed by atoms with E-state index in [-0.39, 0.29) is 6.01 Å². The number of nitrogens with two attached hydrogens (primary N) is 1. The molecule has 4 nitrogen and oxygen atoms in total. The van der Waals surface area contributed by atoms with Crippen LogP contribution in [0.4, 0.5) is 0 Å². The van der Waals surface area contributed by atoms with Crippen molar-refractivity contribution in [2.24, 2.45) is 5.73 Å². The van der Waals surface area contributed by atoms with Gasteiger partial charge in [0.2, 0.25) is 0 Å². The molecular formula is C15H12ClN3O. The summed E-state index contributed by atoms with van der Waals surface area (Å²) in [7, 11) is 0. The lowest BCUT2D eigenvalue weighted by molar-refractivity contribution is 0.444. The molecule has 0 atom stereocenters. The van der Waals surface area contributed by atoms with Gasteiger partial charge in [0, 0.05) is 18.1 Å². The quantitative estimate of drug-likeness (QED) is 0.799. The number of rotatable bonds is 3. The van der Waals surface area contributed by atoms with Gasteiger partial charge in [-0.2, -0.15) is 4.98 Å². The van der Waals surface area contributed by atoms with Gasteiger partial charge in [-0.25, -0.2) is 4.98 Å². The van der Waals surface area contributed by atoms with Crippen molar-refractivity contribution in [3.63, 3.8) is 0 Å². The summed E-state index contributed by atoms with van der Waals surface area (Å²) in [5, 5.41) is 1.45. The molecule has 0 aliphatic rings. The van der Waals surface area contributed by atoms with Crippen molar-refractivity contribution in [3.8, 4) is 11.8 Å². The fraction of sp³-hybridized carbons (Fsp3) is 0.0667. The zero-order valence-electron chi connectivity index (χ0n) is 10.6. The van der Waals surface area contributed by atoms with Gasteiger partial charge in [0.25, 0.3) is 0 Å². The summed E-state index contributed by atoms with van der Waals surface area (Å²) in [6, 6.07) is 13.4. The molecule has 0 aliphatic carbocycles. The third kappa shape index (κ3) is 2.57. The second-order valence-electron chi connectivity index (χ2n) is 4.28. The molecule has 1 heterocycles. The normalized spacial score (nSPS) is 10.7. The fourth-order valence-electron chi connectivity index (χ4n) is 1.86. The highest BCUT2D eigenvalue weighted by atomic mass is 35.5. The SMILES string of the molecule is NCc1ccc(Oc2ncc3ccccc3n2)c(Cl)c1. The monoisotopic (exact) mass is 285 g/mol. The Balaban J connectivity index is 1.92. The lowest BCUT2D eigenvalue weighted by atomic mass is 10.2. The molecule has 0 fully saturated rings. The summed E-state index contributed by atoms with van der Waals surface area (Å²) >= 11 is 6.14. The van der Waals surface area contributed by atoms with Crippen LogP contribution in [-0.2, 0) is 6.54 Å². The molecular weight excluding hydrogens is 274 g/mol. The van der Waals surface area contributed by atoms with Crippen LogP contribution in [0.3, 0.4) is 0 Å². The Bertz CT molecular complexity index is 761. The van der Waals surface area contributed by atoms with Crippen LogP contribution >= 0.6 is 11.6 Å². The van der Waals surface area contributed by atoms with E-state index in [9.17, 15) is 0 Å². The fourth-order valence-corrected chi connectivity index (χ4v) is 2.10. The molecule has 0 saturated carbocycles. The Hall–Kier alpha value is -2.17. The Labute approximate surface area is 121 Å². The van der Waals surface area contributed by atoms with Crippen molar-refractivity contribution in [3.05, 3.63) is 59.2 Å². The Morgan fingerprint density at radius 3 is 2.80 bits per heavy atom. The van der Waals surface area contributed by atoms with Gasteiger partial charge in [0.1, 0.15) is 5.75 Å². The molecule has 0 amide bonds. The number of halogens is 1. The molecule has 3 aromatic rings. The largest absolute Gasteiger partial charge is 0.423 e. The van der Waals surface area contributed by atoms with Crippen LogP contribution in [0.25, 0.3) is 10.9 Å². The van der Waals surface area contributed by atoms with Crippen molar-refractivity contribution < 1.29 is 4.74 Å². The van der Waals surface area contributed by atoms with Crippen molar-refractivity contribution in [1.29, 1.82) is 0 Å². The number of hydrogen-bond acceptors (Lipinski definition) is 4. The van der Waals surface area contributed by atoms with Gasteiger partial charge >= 0.3 is 6.01 Å². The van der Waals surface area contributed by atoms with Gasteiger partial charge in [0.05, 0.1) is 10.5 Å². The molecule has 20 heavy (non-hydrogen) atoms. The number of ether oxygens (including phenoxy) is 1. The highest BCUT2D eigenvalue weighted by molar-refractivity contribution is 6.32. The average molecular weight is 286 g/mol. The third-order valence-corrected chi connectivity index (χ3v) is 3.20. The van der Waals surface area contributed by atoms with E-state index < -0.39 is 0 Å². The van der Waals surface area contributed by atoms with E-state index in [1.807, 2.05) is 30.3 Å². The molecule has 0 aliphatic heterocycles. The molecule has 5 heteroatoms. The molecule has 0 radical (unpaired) electrons. The molecule has 0 spiro atoms. The van der Waals surface area contributed by atoms with Crippen molar-refractivity contribution >= 4 is 22.5 Å². The second-order valence-corrected chi connectivity index (χ2v) is 4.69. The molecule has 2 aromatic carbocycles. The lowest BCUT2D eigenvalue weighted by Gasteiger charge is -2.07. The smallest absolute Gasteiger partial charge is 0.322 e. The van der Waals surface area contributed by atoms with Crippen LogP contribution in [0.2, 0.25) is 5.02 Å². The van der Waals surface area contributed by atoms with Crippen LogP contribution in [0.5, 0.6) is 11.8 Å². The summed E-state index contributed by atoms with van der Waals surface area (Å²) in [6.07, 6.45) is 1.72. The van der Waals surface area contributed by atoms with E-state index in [1.165, 1.54) is 0 Å². The highest BCUT2D eigenvalue weighted by Gasteiger charge is 2.07. The van der Waals surface area contributed by atoms with Gasteiger partial charge in [0.15, 0.2) is 0 Å². The van der Waals surface area contributed by atoms with Gasteiger partial charge < -0.3 is 10.5 Å². The van der Waals surface area contributed by atoms with Gasteiger partial charge in [-0.3, -0.25) is 0 Å². The Morgan fingerprint density at radius 1 is 1.15 bits per heavy atom. The number of aromatic nitrogens is 2. The lowest BCUT2D eigenvalue weighted by Crippen LogP contribution is -1.97. The van der Waals surface area contributed by atoms with Crippen LogP contribution in [0.1, 0.15) is 5.56 Å². The van der Waals surface area contributed by atoms with E-state index in [2.05, 4.69) is 9.97 Å². The van der Waals surface area contributed by atoms with Gasteiger partial charge in [-0.05, 0) is 23.8 Å². The minimum absolute atomic E-state index is 0.270. The van der Waals surface area contributed by atoms with E-state index in [4.69, 9.17) is 22.1 Å².